The largest absolute Gasteiger partial charge is 0.472 e. The Morgan fingerprint density at radius 1 is 0.794 bits per heavy atom. The molecule has 0 amide bonds. The molecule has 63 heavy (non-hydrogen) atoms. The van der Waals surface area contributed by atoms with E-state index in [1.807, 2.05) is 21.1 Å². The van der Waals surface area contributed by atoms with Gasteiger partial charge < -0.3 is 23.6 Å². The summed E-state index contributed by atoms with van der Waals surface area (Å²) in [5, 5.41) is 0. The van der Waals surface area contributed by atoms with Gasteiger partial charge >= 0.3 is 25.7 Å². The zero-order chi connectivity index (χ0) is 46.3. The van der Waals surface area contributed by atoms with Crippen molar-refractivity contribution in [3.8, 4) is 0 Å². The first kappa shape index (κ1) is 53.8. The highest BCUT2D eigenvalue weighted by Crippen LogP contribution is 2.67. The molecule has 0 aromatic rings. The van der Waals surface area contributed by atoms with Crippen molar-refractivity contribution in [2.45, 2.75) is 201 Å². The van der Waals surface area contributed by atoms with E-state index in [0.717, 1.165) is 74.5 Å². The fourth-order valence-electron chi connectivity index (χ4n) is 12.0. The van der Waals surface area contributed by atoms with E-state index in [-0.39, 0.29) is 44.0 Å². The number of unbranched alkanes of at least 4 members (excludes halogenated alkanes) is 8. The molecule has 1 N–H and O–H groups in total. The Morgan fingerprint density at radius 3 is 2.16 bits per heavy atom. The van der Waals surface area contributed by atoms with Gasteiger partial charge in [-0.25, -0.2) is 4.57 Å². The Kier molecular flexibility index (Phi) is 21.7. The van der Waals surface area contributed by atoms with Crippen molar-refractivity contribution in [1.29, 1.82) is 0 Å². The molecule has 0 radical (unpaired) electrons. The van der Waals surface area contributed by atoms with Gasteiger partial charge in [-0.2, -0.15) is 0 Å². The summed E-state index contributed by atoms with van der Waals surface area (Å²) >= 11 is 0. The molecule has 0 saturated heterocycles. The fourth-order valence-corrected chi connectivity index (χ4v) is 12.8. The highest BCUT2D eigenvalue weighted by Gasteiger charge is 2.59. The molecular weight excluding hydrogens is 818 g/mol. The molecule has 0 aromatic heterocycles. The molecule has 3 fully saturated rings. The summed E-state index contributed by atoms with van der Waals surface area (Å²) in [7, 11) is 1.34. The molecule has 0 aliphatic heterocycles. The van der Waals surface area contributed by atoms with E-state index in [0.29, 0.717) is 28.8 Å². The third-order valence-corrected chi connectivity index (χ3v) is 16.7. The van der Waals surface area contributed by atoms with Crippen LogP contribution in [0, 0.1) is 46.3 Å². The van der Waals surface area contributed by atoms with Crippen molar-refractivity contribution < 1.29 is 51.6 Å². The number of hydrogen-bond acceptors (Lipinski definition) is 9. The second kappa shape index (κ2) is 25.4. The van der Waals surface area contributed by atoms with Crippen LogP contribution in [-0.4, -0.2) is 87.0 Å². The number of ether oxygens (including phenoxy) is 3. The zero-order valence-corrected chi connectivity index (χ0v) is 42.2. The van der Waals surface area contributed by atoms with Crippen LogP contribution >= 0.6 is 7.82 Å². The lowest BCUT2D eigenvalue weighted by Crippen LogP contribution is -2.51. The zero-order valence-electron chi connectivity index (χ0n) is 41.3. The van der Waals surface area contributed by atoms with Crippen LogP contribution in [0.3, 0.4) is 0 Å². The second-order valence-electron chi connectivity index (χ2n) is 22.1. The SMILES string of the molecule is CCCCCCCCCCCC(=O)OC(COC(=O)CCC(=O)OC1CC[C@]2(C)C(=CC[C@@H]3[C@H]4CC[C@@H]([C@@H](C)CCCC(C)C)[C@]4(C)CC[C@H]32)C1)COP(=O)(O)OCC[N+](C)(C)C. The average Bonchev–Trinajstić information content (AvgIpc) is 3.57. The van der Waals surface area contributed by atoms with Crippen molar-refractivity contribution in [3.05, 3.63) is 11.6 Å². The van der Waals surface area contributed by atoms with Crippen LogP contribution in [0.4, 0.5) is 0 Å². The Labute approximate surface area is 383 Å². The first-order valence-corrected chi connectivity index (χ1v) is 26.9. The summed E-state index contributed by atoms with van der Waals surface area (Å²) in [6.45, 7) is 14.1. The lowest BCUT2D eigenvalue weighted by Gasteiger charge is -2.58. The predicted octanol–water partition coefficient (Wildman–Crippen LogP) is 11.9. The van der Waals surface area contributed by atoms with Crippen molar-refractivity contribution >= 4 is 25.7 Å². The first-order chi connectivity index (χ1) is 29.8. The fraction of sp³-hybridized carbons (Fsp3) is 0.902. The molecule has 0 bridgehead atoms. The van der Waals surface area contributed by atoms with Crippen molar-refractivity contribution in [2.75, 3.05) is 47.5 Å². The first-order valence-electron chi connectivity index (χ1n) is 25.4. The second-order valence-corrected chi connectivity index (χ2v) is 23.6. The van der Waals surface area contributed by atoms with Crippen LogP contribution in [0.2, 0.25) is 0 Å². The lowest BCUT2D eigenvalue weighted by atomic mass is 9.47. The predicted molar refractivity (Wildman–Crippen MR) is 249 cm³/mol. The number of phosphoric acid groups is 1. The van der Waals surface area contributed by atoms with E-state index in [9.17, 15) is 23.8 Å². The molecule has 4 aliphatic carbocycles. The van der Waals surface area contributed by atoms with Crippen LogP contribution in [0.15, 0.2) is 11.6 Å². The van der Waals surface area contributed by atoms with E-state index < -0.39 is 38.4 Å². The maximum Gasteiger partial charge on any atom is 0.472 e. The number of fused-ring (bicyclic) bond motifs is 5. The number of allylic oxidation sites excluding steroid dienone is 1. The van der Waals surface area contributed by atoms with E-state index in [1.54, 1.807) is 0 Å². The number of carbonyl (C=O) groups is 3. The van der Waals surface area contributed by atoms with Crippen LogP contribution in [-0.2, 0) is 42.2 Å². The van der Waals surface area contributed by atoms with Crippen LogP contribution < -0.4 is 0 Å². The minimum Gasteiger partial charge on any atom is -0.462 e. The monoisotopic (exact) mass is 909 g/mol. The molecule has 3 unspecified atom stereocenters. The molecule has 364 valence electrons. The molecule has 10 atom stereocenters. The normalized spacial score (nSPS) is 28.8. The number of carbonyl (C=O) groups excluding carboxylic acids is 3. The topological polar surface area (TPSA) is 135 Å². The summed E-state index contributed by atoms with van der Waals surface area (Å²) < 4.78 is 40.4. The van der Waals surface area contributed by atoms with Gasteiger partial charge in [-0.15, -0.1) is 0 Å². The van der Waals surface area contributed by atoms with Crippen molar-refractivity contribution in [2.24, 2.45) is 46.3 Å². The minimum absolute atomic E-state index is 0.0110. The minimum atomic E-state index is -4.46. The van der Waals surface area contributed by atoms with Crippen LogP contribution in [0.5, 0.6) is 0 Å². The van der Waals surface area contributed by atoms with E-state index in [1.165, 1.54) is 82.6 Å². The van der Waals surface area contributed by atoms with Gasteiger partial charge in [0.15, 0.2) is 6.10 Å². The molecule has 11 nitrogen and oxygen atoms in total. The average molecular weight is 909 g/mol. The quantitative estimate of drug-likeness (QED) is 0.0193. The molecule has 0 spiro atoms. The van der Waals surface area contributed by atoms with E-state index >= 15 is 0 Å². The van der Waals surface area contributed by atoms with Gasteiger partial charge in [0.1, 0.15) is 25.9 Å². The van der Waals surface area contributed by atoms with E-state index in [4.69, 9.17) is 23.3 Å². The highest BCUT2D eigenvalue weighted by atomic mass is 31.2. The summed E-state index contributed by atoms with van der Waals surface area (Å²) in [4.78, 5) is 49.0. The molecule has 12 heteroatoms. The van der Waals surface area contributed by atoms with Gasteiger partial charge in [0.25, 0.3) is 0 Å². The summed E-state index contributed by atoms with van der Waals surface area (Å²) in [6.07, 6.45) is 24.1. The Bertz CT molecular complexity index is 1510. The maximum absolute atomic E-state index is 13.1. The third kappa shape index (κ3) is 17.1. The number of nitrogens with zero attached hydrogens (tertiary/aromatic N) is 1. The smallest absolute Gasteiger partial charge is 0.462 e. The van der Waals surface area contributed by atoms with E-state index in [2.05, 4.69) is 47.6 Å². The van der Waals surface area contributed by atoms with Gasteiger partial charge in [-0.3, -0.25) is 23.4 Å². The number of esters is 3. The third-order valence-electron chi connectivity index (χ3n) is 15.7. The number of rotatable bonds is 29. The van der Waals surface area contributed by atoms with Gasteiger partial charge in [0, 0.05) is 12.8 Å². The van der Waals surface area contributed by atoms with Crippen LogP contribution in [0.25, 0.3) is 0 Å². The van der Waals surface area contributed by atoms with Gasteiger partial charge in [-0.1, -0.05) is 124 Å². The molecule has 0 heterocycles. The van der Waals surface area contributed by atoms with Gasteiger partial charge in [0.05, 0.1) is 40.6 Å². The Hall–Kier alpha value is -1.78. The van der Waals surface area contributed by atoms with Crippen molar-refractivity contribution in [1.82, 2.24) is 0 Å². The number of likely N-dealkylation sites (N-methyl/N-ethyl adjacent to an activating group) is 1. The number of phosphoric ester groups is 1. The number of quaternary nitrogens is 1. The summed E-state index contributed by atoms with van der Waals surface area (Å²) in [6, 6.07) is 0. The maximum atomic E-state index is 13.1. The Morgan fingerprint density at radius 2 is 1.48 bits per heavy atom. The Balaban J connectivity index is 1.22. The standard InChI is InChI=1S/C51H90NO10P/c1-10-11-12-13-14-15-16-17-18-22-48(54)62-42(37-60-63(56,57)59-34-33-52(7,8)9)36-58-47(53)27-28-49(55)61-41-29-31-50(5)40(35-41)23-24-43-45-26-25-44(39(4)21-19-20-38(2)3)51(45,6)32-30-46(43)50/h23,38-39,41-46H,10-22,24-37H2,1-9H3/p+1/t39-,41?,42?,43+,44-,45+,46+,50+,51-/m0/s1. The van der Waals surface area contributed by atoms with Gasteiger partial charge in [0.2, 0.25) is 0 Å². The summed E-state index contributed by atoms with van der Waals surface area (Å²) in [5.74, 6) is 3.06. The highest BCUT2D eigenvalue weighted by molar-refractivity contribution is 7.47. The number of hydrogen-bond donors (Lipinski definition) is 1. The van der Waals surface area contributed by atoms with Gasteiger partial charge in [-0.05, 0) is 97.7 Å². The molecular formula is C51H91NO10P+. The van der Waals surface area contributed by atoms with Crippen LogP contribution in [0.1, 0.15) is 189 Å². The lowest BCUT2D eigenvalue weighted by molar-refractivity contribution is -0.870. The molecule has 4 aliphatic rings. The summed E-state index contributed by atoms with van der Waals surface area (Å²) in [5.41, 5.74) is 2.05. The van der Waals surface area contributed by atoms with Crippen molar-refractivity contribution in [3.63, 3.8) is 0 Å². The molecule has 4 rings (SSSR count). The molecule has 3 saturated carbocycles. The molecule has 0 aromatic carbocycles.